The summed E-state index contributed by atoms with van der Waals surface area (Å²) in [6, 6.07) is 0. The van der Waals surface area contributed by atoms with Crippen LogP contribution in [0.1, 0.15) is 27.7 Å². The third-order valence-electron chi connectivity index (χ3n) is 2.42. The fourth-order valence-electron chi connectivity index (χ4n) is 1.65. The average Bonchev–Trinajstić information content (AvgIpc) is 2.62. The van der Waals surface area contributed by atoms with Crippen LogP contribution < -0.4 is 11.1 Å². The van der Waals surface area contributed by atoms with Gasteiger partial charge in [-0.1, -0.05) is 6.92 Å². The minimum atomic E-state index is -1.22. The number of carboxylic acid groups (broad SMARTS) is 1. The highest BCUT2D eigenvalue weighted by Crippen LogP contribution is 2.33. The molecule has 102 valence electrons. The van der Waals surface area contributed by atoms with Crippen molar-refractivity contribution in [2.24, 2.45) is 5.73 Å². The third kappa shape index (κ3) is 3.65. The maximum absolute atomic E-state index is 11.5. The molecular weight excluding hydrogens is 268 g/mol. The Hall–Kier alpha value is -2.15. The summed E-state index contributed by atoms with van der Waals surface area (Å²) in [5.74, 6) is -2.45. The second-order valence-electron chi connectivity index (χ2n) is 3.72. The number of aryl methyl sites for hydroxylation is 1. The zero-order valence-corrected chi connectivity index (χ0v) is 11.3. The number of carbonyl (C=O) groups is 3. The van der Waals surface area contributed by atoms with Crippen molar-refractivity contribution >= 4 is 34.1 Å². The zero-order chi connectivity index (χ0) is 14.6. The minimum absolute atomic E-state index is 0.294. The van der Waals surface area contributed by atoms with E-state index in [1.165, 1.54) is 11.3 Å². The molecule has 6 nitrogen and oxygen atoms in total. The summed E-state index contributed by atoms with van der Waals surface area (Å²) in [4.78, 5) is 34.1. The van der Waals surface area contributed by atoms with Gasteiger partial charge in [0.25, 0.3) is 5.91 Å². The lowest BCUT2D eigenvalue weighted by Crippen LogP contribution is -2.16. The number of carbonyl (C=O) groups excluding carboxylic acids is 2. The molecule has 0 aliphatic rings. The van der Waals surface area contributed by atoms with E-state index in [4.69, 9.17) is 10.8 Å². The molecule has 0 atom stereocenters. The van der Waals surface area contributed by atoms with Crippen LogP contribution in [0.25, 0.3) is 0 Å². The average molecular weight is 282 g/mol. The van der Waals surface area contributed by atoms with Gasteiger partial charge in [-0.3, -0.25) is 9.59 Å². The van der Waals surface area contributed by atoms with E-state index in [9.17, 15) is 14.4 Å². The van der Waals surface area contributed by atoms with E-state index < -0.39 is 17.8 Å². The molecule has 19 heavy (non-hydrogen) atoms. The largest absolute Gasteiger partial charge is 0.478 e. The number of amides is 2. The number of rotatable bonds is 5. The number of anilines is 1. The Morgan fingerprint density at radius 3 is 2.47 bits per heavy atom. The SMILES string of the molecule is CCc1c(C)sc(NC(=O)C=CC(=O)O)c1C(N)=O. The number of nitrogens with one attached hydrogen (secondary N) is 1. The van der Waals surface area contributed by atoms with Gasteiger partial charge in [-0.25, -0.2) is 4.79 Å². The molecule has 0 spiro atoms. The highest BCUT2D eigenvalue weighted by Gasteiger charge is 2.19. The lowest BCUT2D eigenvalue weighted by molar-refractivity contribution is -0.131. The number of hydrogen-bond acceptors (Lipinski definition) is 4. The standard InChI is InChI=1S/C12H14N2O4S/c1-3-7-6(2)19-12(10(7)11(13)18)14-8(15)4-5-9(16)17/h4-5H,3H2,1-2H3,(H2,13,18)(H,14,15)(H,16,17). The second-order valence-corrected chi connectivity index (χ2v) is 4.94. The summed E-state index contributed by atoms with van der Waals surface area (Å²) in [6.45, 7) is 3.72. The van der Waals surface area contributed by atoms with E-state index >= 15 is 0 Å². The molecule has 7 heteroatoms. The maximum Gasteiger partial charge on any atom is 0.328 e. The van der Waals surface area contributed by atoms with Gasteiger partial charge >= 0.3 is 5.97 Å². The molecule has 0 bridgehead atoms. The Kier molecular flexibility index (Phi) is 4.82. The third-order valence-corrected chi connectivity index (χ3v) is 3.49. The minimum Gasteiger partial charge on any atom is -0.478 e. The molecule has 0 aromatic carbocycles. The molecule has 0 saturated heterocycles. The van der Waals surface area contributed by atoms with Crippen molar-refractivity contribution in [1.29, 1.82) is 0 Å². The number of nitrogens with two attached hydrogens (primary N) is 1. The lowest BCUT2D eigenvalue weighted by atomic mass is 10.1. The van der Waals surface area contributed by atoms with Gasteiger partial charge in [0, 0.05) is 17.0 Å². The first kappa shape index (κ1) is 14.9. The molecule has 0 aliphatic carbocycles. The number of carboxylic acids is 1. The van der Waals surface area contributed by atoms with Crippen molar-refractivity contribution in [1.82, 2.24) is 0 Å². The molecule has 1 rings (SSSR count). The van der Waals surface area contributed by atoms with Crippen molar-refractivity contribution in [2.75, 3.05) is 5.32 Å². The Bertz CT molecular complexity index is 560. The smallest absolute Gasteiger partial charge is 0.328 e. The van der Waals surface area contributed by atoms with Crippen LogP contribution in [0.3, 0.4) is 0 Å². The molecule has 4 N–H and O–H groups in total. The number of thiophene rings is 1. The first-order valence-corrected chi connectivity index (χ1v) is 6.32. The molecule has 0 fully saturated rings. The van der Waals surface area contributed by atoms with Gasteiger partial charge in [0.1, 0.15) is 5.00 Å². The van der Waals surface area contributed by atoms with Crippen LogP contribution in [0.15, 0.2) is 12.2 Å². The quantitative estimate of drug-likeness (QED) is 0.707. The topological polar surface area (TPSA) is 109 Å². The normalized spacial score (nSPS) is 10.6. The van der Waals surface area contributed by atoms with Crippen LogP contribution in [-0.2, 0) is 16.0 Å². The highest BCUT2D eigenvalue weighted by atomic mass is 32.1. The molecular formula is C12H14N2O4S. The summed E-state index contributed by atoms with van der Waals surface area (Å²) in [5.41, 5.74) is 6.40. The molecule has 1 heterocycles. The Morgan fingerprint density at radius 1 is 1.37 bits per heavy atom. The van der Waals surface area contributed by atoms with Gasteiger partial charge in [0.05, 0.1) is 5.56 Å². The zero-order valence-electron chi connectivity index (χ0n) is 10.5. The van der Waals surface area contributed by atoms with E-state index in [-0.39, 0.29) is 0 Å². The lowest BCUT2D eigenvalue weighted by Gasteiger charge is -2.03. The molecule has 0 unspecified atom stereocenters. The van der Waals surface area contributed by atoms with E-state index in [2.05, 4.69) is 5.32 Å². The number of aliphatic carboxylic acids is 1. The van der Waals surface area contributed by atoms with Crippen LogP contribution in [-0.4, -0.2) is 22.9 Å². The summed E-state index contributed by atoms with van der Waals surface area (Å²) in [5, 5.41) is 11.2. The van der Waals surface area contributed by atoms with Crippen molar-refractivity contribution in [3.63, 3.8) is 0 Å². The van der Waals surface area contributed by atoms with Crippen molar-refractivity contribution < 1.29 is 19.5 Å². The fourth-order valence-corrected chi connectivity index (χ4v) is 2.81. The van der Waals surface area contributed by atoms with Crippen LogP contribution in [0.4, 0.5) is 5.00 Å². The molecule has 0 aliphatic heterocycles. The Balaban J connectivity index is 3.05. The van der Waals surface area contributed by atoms with Crippen LogP contribution in [0, 0.1) is 6.92 Å². The summed E-state index contributed by atoms with van der Waals surface area (Å²) < 4.78 is 0. The summed E-state index contributed by atoms with van der Waals surface area (Å²) in [6.07, 6.45) is 2.23. The number of primary amides is 1. The van der Waals surface area contributed by atoms with Crippen molar-refractivity contribution in [2.45, 2.75) is 20.3 Å². The van der Waals surface area contributed by atoms with E-state index in [0.29, 0.717) is 17.0 Å². The monoisotopic (exact) mass is 282 g/mol. The van der Waals surface area contributed by atoms with Gasteiger partial charge in [-0.2, -0.15) is 0 Å². The predicted molar refractivity (Wildman–Crippen MR) is 72.4 cm³/mol. The van der Waals surface area contributed by atoms with Crippen molar-refractivity contribution in [3.05, 3.63) is 28.2 Å². The van der Waals surface area contributed by atoms with Gasteiger partial charge in [0.15, 0.2) is 0 Å². The first-order chi connectivity index (χ1) is 8.86. The van der Waals surface area contributed by atoms with E-state index in [1.54, 1.807) is 0 Å². The van der Waals surface area contributed by atoms with Gasteiger partial charge in [0.2, 0.25) is 5.91 Å². The Labute approximate surface area is 113 Å². The van der Waals surface area contributed by atoms with E-state index in [0.717, 1.165) is 22.6 Å². The summed E-state index contributed by atoms with van der Waals surface area (Å²) in [7, 11) is 0. The molecule has 1 aromatic heterocycles. The van der Waals surface area contributed by atoms with Crippen LogP contribution in [0.2, 0.25) is 0 Å². The van der Waals surface area contributed by atoms with Crippen LogP contribution >= 0.6 is 11.3 Å². The maximum atomic E-state index is 11.5. The molecule has 0 saturated carbocycles. The van der Waals surface area contributed by atoms with Crippen LogP contribution in [0.5, 0.6) is 0 Å². The second kappa shape index (κ2) is 6.14. The van der Waals surface area contributed by atoms with E-state index in [1.807, 2.05) is 13.8 Å². The fraction of sp³-hybridized carbons (Fsp3) is 0.250. The molecule has 1 aromatic rings. The van der Waals surface area contributed by atoms with Gasteiger partial charge < -0.3 is 16.2 Å². The molecule has 2 amide bonds. The summed E-state index contributed by atoms with van der Waals surface area (Å²) >= 11 is 1.24. The molecule has 0 radical (unpaired) electrons. The van der Waals surface area contributed by atoms with Gasteiger partial charge in [-0.15, -0.1) is 11.3 Å². The van der Waals surface area contributed by atoms with Crippen molar-refractivity contribution in [3.8, 4) is 0 Å². The number of hydrogen-bond donors (Lipinski definition) is 3. The first-order valence-electron chi connectivity index (χ1n) is 5.50. The van der Waals surface area contributed by atoms with Gasteiger partial charge in [-0.05, 0) is 18.9 Å². The Morgan fingerprint density at radius 2 is 2.00 bits per heavy atom. The highest BCUT2D eigenvalue weighted by molar-refractivity contribution is 7.16. The predicted octanol–water partition coefficient (Wildman–Crippen LogP) is 1.30.